The molecule has 4 heteroatoms. The number of hydrogen-bond acceptors (Lipinski definition) is 3. The van der Waals surface area contributed by atoms with E-state index >= 15 is 0 Å². The minimum atomic E-state index is -0.641. The van der Waals surface area contributed by atoms with Gasteiger partial charge in [-0.15, -0.1) is 0 Å². The molecule has 3 rings (SSSR count). The van der Waals surface area contributed by atoms with Gasteiger partial charge in [-0.3, -0.25) is 0 Å². The summed E-state index contributed by atoms with van der Waals surface area (Å²) in [7, 11) is 0. The first-order chi connectivity index (χ1) is 10.2. The summed E-state index contributed by atoms with van der Waals surface area (Å²) in [6.07, 6.45) is 4.28. The van der Waals surface area contributed by atoms with Crippen molar-refractivity contribution in [2.24, 2.45) is 0 Å². The second-order valence-corrected chi connectivity index (χ2v) is 5.29. The third-order valence-corrected chi connectivity index (χ3v) is 3.96. The first kappa shape index (κ1) is 14.0. The van der Waals surface area contributed by atoms with Crippen LogP contribution in [0.5, 0.6) is 0 Å². The van der Waals surface area contributed by atoms with Gasteiger partial charge >= 0.3 is 5.97 Å². The molecule has 0 radical (unpaired) electrons. The van der Waals surface area contributed by atoms with E-state index in [0.717, 1.165) is 5.56 Å². The van der Waals surface area contributed by atoms with Gasteiger partial charge in [-0.1, -0.05) is 42.5 Å². The zero-order chi connectivity index (χ0) is 14.9. The summed E-state index contributed by atoms with van der Waals surface area (Å²) in [6.45, 7) is 2.07. The quantitative estimate of drug-likeness (QED) is 0.631. The van der Waals surface area contributed by atoms with Crippen molar-refractivity contribution in [1.82, 2.24) is 0 Å². The van der Waals surface area contributed by atoms with Crippen molar-refractivity contribution in [1.29, 1.82) is 0 Å². The van der Waals surface area contributed by atoms with Crippen LogP contribution in [0.15, 0.2) is 54.4 Å². The van der Waals surface area contributed by atoms with Gasteiger partial charge in [-0.2, -0.15) is 0 Å². The van der Waals surface area contributed by atoms with Gasteiger partial charge in [-0.25, -0.2) is 9.18 Å². The number of ether oxygens (including phenoxy) is 2. The van der Waals surface area contributed by atoms with E-state index in [9.17, 15) is 9.18 Å². The van der Waals surface area contributed by atoms with Crippen molar-refractivity contribution in [2.75, 3.05) is 6.61 Å². The number of rotatable bonds is 4. The Balaban J connectivity index is 1.91. The van der Waals surface area contributed by atoms with E-state index in [2.05, 4.69) is 0 Å². The summed E-state index contributed by atoms with van der Waals surface area (Å²) in [5.74, 6) is -0.583. The van der Waals surface area contributed by atoms with Crippen LogP contribution in [0.3, 0.4) is 0 Å². The second kappa shape index (κ2) is 5.45. The highest BCUT2D eigenvalue weighted by molar-refractivity contribution is 5.79. The zero-order valence-electron chi connectivity index (χ0n) is 11.8. The minimum Gasteiger partial charge on any atom is -0.464 e. The van der Waals surface area contributed by atoms with E-state index in [1.165, 1.54) is 6.08 Å². The van der Waals surface area contributed by atoms with E-state index in [1.807, 2.05) is 36.4 Å². The fourth-order valence-electron chi connectivity index (χ4n) is 2.94. The second-order valence-electron chi connectivity index (χ2n) is 5.29. The molecular weight excluding hydrogens is 271 g/mol. The topological polar surface area (TPSA) is 38.8 Å². The molecule has 0 bridgehead atoms. The number of hydrogen-bond donors (Lipinski definition) is 0. The molecule has 1 saturated heterocycles. The summed E-state index contributed by atoms with van der Waals surface area (Å²) in [4.78, 5) is 11.8. The molecule has 1 fully saturated rings. The van der Waals surface area contributed by atoms with Crippen LogP contribution in [0.2, 0.25) is 0 Å². The molecule has 3 nitrogen and oxygen atoms in total. The lowest BCUT2D eigenvalue weighted by Crippen LogP contribution is -2.34. The number of carbonyl (C=O) groups is 1. The predicted octanol–water partition coefficient (Wildman–Crippen LogP) is 3.07. The summed E-state index contributed by atoms with van der Waals surface area (Å²) >= 11 is 0. The highest BCUT2D eigenvalue weighted by atomic mass is 19.1. The fourth-order valence-corrected chi connectivity index (χ4v) is 2.94. The average molecular weight is 288 g/mol. The van der Waals surface area contributed by atoms with E-state index in [-0.39, 0.29) is 24.3 Å². The molecule has 0 aromatic heterocycles. The minimum absolute atomic E-state index is 0.202. The van der Waals surface area contributed by atoms with Crippen LogP contribution < -0.4 is 0 Å². The third-order valence-electron chi connectivity index (χ3n) is 3.96. The monoisotopic (exact) mass is 288 g/mol. The van der Waals surface area contributed by atoms with Crippen molar-refractivity contribution in [3.63, 3.8) is 0 Å². The van der Waals surface area contributed by atoms with Gasteiger partial charge in [0.15, 0.2) is 6.10 Å². The maximum Gasteiger partial charge on any atom is 0.338 e. The van der Waals surface area contributed by atoms with Crippen LogP contribution in [0.1, 0.15) is 18.9 Å². The molecule has 1 aromatic carbocycles. The van der Waals surface area contributed by atoms with Crippen molar-refractivity contribution in [3.05, 3.63) is 60.0 Å². The molecular formula is C17H17FO3. The van der Waals surface area contributed by atoms with E-state index in [4.69, 9.17) is 9.47 Å². The Morgan fingerprint density at radius 2 is 2.19 bits per heavy atom. The molecule has 110 valence electrons. The van der Waals surface area contributed by atoms with Gasteiger partial charge in [0.1, 0.15) is 11.9 Å². The van der Waals surface area contributed by atoms with Crippen LogP contribution >= 0.6 is 0 Å². The molecule has 0 amide bonds. The van der Waals surface area contributed by atoms with E-state index in [0.29, 0.717) is 6.61 Å². The molecule has 1 aliphatic carbocycles. The highest BCUT2D eigenvalue weighted by Gasteiger charge is 2.59. The molecule has 1 heterocycles. The molecule has 0 saturated carbocycles. The van der Waals surface area contributed by atoms with Gasteiger partial charge in [-0.05, 0) is 18.6 Å². The summed E-state index contributed by atoms with van der Waals surface area (Å²) in [5, 5.41) is 0. The van der Waals surface area contributed by atoms with Crippen LogP contribution in [-0.2, 0) is 19.7 Å². The Morgan fingerprint density at radius 3 is 2.86 bits per heavy atom. The number of benzene rings is 1. The molecule has 2 aliphatic rings. The summed E-state index contributed by atoms with van der Waals surface area (Å²) < 4.78 is 24.4. The molecule has 3 atom stereocenters. The number of epoxide rings is 1. The summed E-state index contributed by atoms with van der Waals surface area (Å²) in [6, 6.07) is 9.60. The average Bonchev–Trinajstić information content (AvgIpc) is 3.29. The van der Waals surface area contributed by atoms with Gasteiger partial charge in [0, 0.05) is 11.8 Å². The van der Waals surface area contributed by atoms with Crippen molar-refractivity contribution < 1.29 is 18.7 Å². The predicted molar refractivity (Wildman–Crippen MR) is 76.4 cm³/mol. The SMILES string of the molecule is CCOC(=O)C1OC1C1(c2ccccc2)C=CC=C(F)C1. The lowest BCUT2D eigenvalue weighted by Gasteiger charge is -2.31. The lowest BCUT2D eigenvalue weighted by atomic mass is 9.71. The summed E-state index contributed by atoms with van der Waals surface area (Å²) in [5.41, 5.74) is 0.304. The third kappa shape index (κ3) is 2.51. The lowest BCUT2D eigenvalue weighted by molar-refractivity contribution is -0.144. The van der Waals surface area contributed by atoms with Crippen LogP contribution in [0.25, 0.3) is 0 Å². The number of carbonyl (C=O) groups excluding carboxylic acids is 1. The Morgan fingerprint density at radius 1 is 1.43 bits per heavy atom. The smallest absolute Gasteiger partial charge is 0.338 e. The van der Waals surface area contributed by atoms with Crippen molar-refractivity contribution in [3.8, 4) is 0 Å². The molecule has 1 aliphatic heterocycles. The molecule has 1 aromatic rings. The number of esters is 1. The molecule has 3 unspecified atom stereocenters. The number of allylic oxidation sites excluding steroid dienone is 3. The fraction of sp³-hybridized carbons (Fsp3) is 0.353. The van der Waals surface area contributed by atoms with Crippen LogP contribution in [0, 0.1) is 0 Å². The maximum absolute atomic E-state index is 13.9. The molecule has 0 N–H and O–H groups in total. The molecule has 21 heavy (non-hydrogen) atoms. The maximum atomic E-state index is 13.9. The normalized spacial score (nSPS) is 30.7. The van der Waals surface area contributed by atoms with Gasteiger partial charge in [0.05, 0.1) is 6.61 Å². The largest absolute Gasteiger partial charge is 0.464 e. The van der Waals surface area contributed by atoms with Gasteiger partial charge in [0.25, 0.3) is 0 Å². The highest BCUT2D eigenvalue weighted by Crippen LogP contribution is 2.48. The van der Waals surface area contributed by atoms with Crippen LogP contribution in [0.4, 0.5) is 4.39 Å². The Labute approximate surface area is 123 Å². The Hall–Kier alpha value is -1.94. The van der Waals surface area contributed by atoms with Gasteiger partial charge in [0.2, 0.25) is 0 Å². The zero-order valence-corrected chi connectivity index (χ0v) is 11.8. The first-order valence-electron chi connectivity index (χ1n) is 7.09. The standard InChI is InChI=1S/C17H17FO3/c1-2-20-16(19)14-15(21-14)17(10-6-9-13(18)11-17)12-7-4-3-5-8-12/h3-10,14-15H,2,11H2,1H3. The van der Waals surface area contributed by atoms with Gasteiger partial charge < -0.3 is 9.47 Å². The number of halogens is 1. The Bertz CT molecular complexity index is 593. The Kier molecular flexibility index (Phi) is 3.64. The van der Waals surface area contributed by atoms with Crippen LogP contribution in [-0.4, -0.2) is 24.8 Å². The van der Waals surface area contributed by atoms with E-state index in [1.54, 1.807) is 13.0 Å². The van der Waals surface area contributed by atoms with Crippen molar-refractivity contribution in [2.45, 2.75) is 31.0 Å². The van der Waals surface area contributed by atoms with Crippen molar-refractivity contribution >= 4 is 5.97 Å². The first-order valence-corrected chi connectivity index (χ1v) is 7.09. The van der Waals surface area contributed by atoms with E-state index < -0.39 is 11.5 Å². The molecule has 0 spiro atoms.